The van der Waals surface area contributed by atoms with Gasteiger partial charge in [-0.15, -0.1) is 34.5 Å². The zero-order valence-corrected chi connectivity index (χ0v) is 10.8. The average Bonchev–Trinajstić information content (AvgIpc) is 2.87. The summed E-state index contributed by atoms with van der Waals surface area (Å²) in [6.45, 7) is 3.73. The molecule has 0 amide bonds. The topological polar surface area (TPSA) is 0 Å². The first kappa shape index (κ1) is 11.0. The Kier molecular flexibility index (Phi) is 3.47. The van der Waals surface area contributed by atoms with Crippen molar-refractivity contribution in [2.24, 2.45) is 0 Å². The molecule has 0 N–H and O–H groups in total. The Hall–Kier alpha value is -1.48. The highest BCUT2D eigenvalue weighted by atomic mass is 32.1. The Labute approximate surface area is 104 Å². The minimum absolute atomic E-state index is 1.13. The second-order valence-corrected chi connectivity index (χ2v) is 4.91. The number of thiophene rings is 2. The first-order valence-electron chi connectivity index (χ1n) is 4.87. The standard InChI is InChI=1S/C14H10S2/c1-3-5-13-11(7-9-15-13)12-8-10-16-14(12)6-4-2/h7-10H,1-2H3. The van der Waals surface area contributed by atoms with Gasteiger partial charge in [-0.1, -0.05) is 11.8 Å². The van der Waals surface area contributed by atoms with E-state index in [1.165, 1.54) is 11.1 Å². The fourth-order valence-electron chi connectivity index (χ4n) is 1.46. The maximum Gasteiger partial charge on any atom is 0.0847 e. The van der Waals surface area contributed by atoms with Gasteiger partial charge >= 0.3 is 0 Å². The quantitative estimate of drug-likeness (QED) is 0.657. The molecule has 2 aromatic heterocycles. The molecule has 0 fully saturated rings. The molecule has 0 aromatic carbocycles. The second kappa shape index (κ2) is 5.03. The lowest BCUT2D eigenvalue weighted by atomic mass is 10.1. The van der Waals surface area contributed by atoms with Crippen molar-refractivity contribution < 1.29 is 0 Å². The van der Waals surface area contributed by atoms with Crippen LogP contribution in [0.5, 0.6) is 0 Å². The molecule has 0 radical (unpaired) electrons. The Bertz CT molecular complexity index is 550. The van der Waals surface area contributed by atoms with E-state index in [9.17, 15) is 0 Å². The van der Waals surface area contributed by atoms with Crippen LogP contribution in [0.3, 0.4) is 0 Å². The lowest BCUT2D eigenvalue weighted by Crippen LogP contribution is -1.77. The molecule has 16 heavy (non-hydrogen) atoms. The SMILES string of the molecule is CC#Cc1sccc1-c1ccsc1C#CC. The molecule has 2 heterocycles. The van der Waals surface area contributed by atoms with Crippen LogP contribution in [-0.2, 0) is 0 Å². The first-order chi connectivity index (χ1) is 7.86. The summed E-state index contributed by atoms with van der Waals surface area (Å²) in [7, 11) is 0. The maximum atomic E-state index is 3.14. The molecule has 2 aromatic rings. The van der Waals surface area contributed by atoms with E-state index < -0.39 is 0 Å². The van der Waals surface area contributed by atoms with E-state index in [1.54, 1.807) is 22.7 Å². The third kappa shape index (κ3) is 2.04. The zero-order valence-electron chi connectivity index (χ0n) is 9.13. The van der Waals surface area contributed by atoms with Crippen LogP contribution in [0.15, 0.2) is 22.9 Å². The monoisotopic (exact) mass is 242 g/mol. The summed E-state index contributed by atoms with van der Waals surface area (Å²) < 4.78 is 0. The lowest BCUT2D eigenvalue weighted by molar-refractivity contribution is 1.75. The Morgan fingerprint density at radius 1 is 0.812 bits per heavy atom. The summed E-state index contributed by atoms with van der Waals surface area (Å²) in [4.78, 5) is 2.25. The van der Waals surface area contributed by atoms with Gasteiger partial charge in [-0.05, 0) is 36.7 Å². The minimum Gasteiger partial charge on any atom is -0.135 e. The van der Waals surface area contributed by atoms with Crippen molar-refractivity contribution in [2.75, 3.05) is 0 Å². The maximum absolute atomic E-state index is 3.14. The highest BCUT2D eigenvalue weighted by Crippen LogP contribution is 2.32. The van der Waals surface area contributed by atoms with Gasteiger partial charge < -0.3 is 0 Å². The van der Waals surface area contributed by atoms with Crippen LogP contribution >= 0.6 is 22.7 Å². The van der Waals surface area contributed by atoms with Gasteiger partial charge in [0.25, 0.3) is 0 Å². The molecule has 2 rings (SSSR count). The van der Waals surface area contributed by atoms with E-state index in [-0.39, 0.29) is 0 Å². The van der Waals surface area contributed by atoms with Crippen molar-refractivity contribution in [1.82, 2.24) is 0 Å². The van der Waals surface area contributed by atoms with Crippen molar-refractivity contribution in [2.45, 2.75) is 13.8 Å². The molecule has 0 aliphatic heterocycles. The van der Waals surface area contributed by atoms with E-state index in [2.05, 4.69) is 46.6 Å². The van der Waals surface area contributed by atoms with Crippen LogP contribution in [-0.4, -0.2) is 0 Å². The van der Waals surface area contributed by atoms with Gasteiger partial charge in [0.05, 0.1) is 9.75 Å². The normalized spacial score (nSPS) is 8.88. The third-order valence-corrected chi connectivity index (χ3v) is 3.76. The lowest BCUT2D eigenvalue weighted by Gasteiger charge is -1.96. The minimum atomic E-state index is 1.13. The Balaban J connectivity index is 2.55. The van der Waals surface area contributed by atoms with Gasteiger partial charge in [0.2, 0.25) is 0 Å². The van der Waals surface area contributed by atoms with E-state index in [4.69, 9.17) is 0 Å². The van der Waals surface area contributed by atoms with Gasteiger partial charge in [0, 0.05) is 11.1 Å². The summed E-state index contributed by atoms with van der Waals surface area (Å²) >= 11 is 3.36. The van der Waals surface area contributed by atoms with Crippen molar-refractivity contribution in [3.63, 3.8) is 0 Å². The van der Waals surface area contributed by atoms with E-state index in [1.807, 2.05) is 13.8 Å². The summed E-state index contributed by atoms with van der Waals surface area (Å²) in [5.74, 6) is 12.2. The Morgan fingerprint density at radius 3 is 1.62 bits per heavy atom. The van der Waals surface area contributed by atoms with Gasteiger partial charge in [-0.25, -0.2) is 0 Å². The van der Waals surface area contributed by atoms with Crippen molar-refractivity contribution in [3.8, 4) is 34.8 Å². The van der Waals surface area contributed by atoms with Crippen LogP contribution in [0.2, 0.25) is 0 Å². The smallest absolute Gasteiger partial charge is 0.0847 e. The predicted octanol–water partition coefficient (Wildman–Crippen LogP) is 4.22. The fraction of sp³-hybridized carbons (Fsp3) is 0.143. The molecule has 0 aliphatic carbocycles. The van der Waals surface area contributed by atoms with E-state index >= 15 is 0 Å². The largest absolute Gasteiger partial charge is 0.135 e. The molecule has 78 valence electrons. The molecule has 0 saturated heterocycles. The van der Waals surface area contributed by atoms with Crippen molar-refractivity contribution in [3.05, 3.63) is 32.6 Å². The molecule has 0 atom stereocenters. The summed E-state index contributed by atoms with van der Waals surface area (Å²) in [6.07, 6.45) is 0. The van der Waals surface area contributed by atoms with Gasteiger partial charge in [0.1, 0.15) is 0 Å². The second-order valence-electron chi connectivity index (χ2n) is 3.08. The predicted molar refractivity (Wildman–Crippen MR) is 72.7 cm³/mol. The molecule has 0 bridgehead atoms. The molecule has 0 aliphatic rings. The third-order valence-electron chi connectivity index (χ3n) is 2.10. The van der Waals surface area contributed by atoms with Gasteiger partial charge in [-0.2, -0.15) is 0 Å². The molecular formula is C14H10S2. The Morgan fingerprint density at radius 2 is 1.25 bits per heavy atom. The van der Waals surface area contributed by atoms with Crippen LogP contribution < -0.4 is 0 Å². The van der Waals surface area contributed by atoms with Crippen LogP contribution in [0, 0.1) is 23.7 Å². The van der Waals surface area contributed by atoms with Gasteiger partial charge in [0.15, 0.2) is 0 Å². The highest BCUT2D eigenvalue weighted by molar-refractivity contribution is 7.12. The highest BCUT2D eigenvalue weighted by Gasteiger charge is 2.09. The van der Waals surface area contributed by atoms with E-state index in [0.29, 0.717) is 0 Å². The van der Waals surface area contributed by atoms with Crippen LogP contribution in [0.1, 0.15) is 23.6 Å². The van der Waals surface area contributed by atoms with Crippen molar-refractivity contribution in [1.29, 1.82) is 0 Å². The first-order valence-corrected chi connectivity index (χ1v) is 6.63. The molecule has 0 unspecified atom stereocenters. The summed E-state index contributed by atoms with van der Waals surface area (Å²) in [5.41, 5.74) is 2.41. The van der Waals surface area contributed by atoms with Crippen LogP contribution in [0.4, 0.5) is 0 Å². The van der Waals surface area contributed by atoms with Gasteiger partial charge in [-0.3, -0.25) is 0 Å². The number of hydrogen-bond donors (Lipinski definition) is 0. The van der Waals surface area contributed by atoms with Crippen LogP contribution in [0.25, 0.3) is 11.1 Å². The average molecular weight is 242 g/mol. The molecule has 0 saturated carbocycles. The molecule has 0 nitrogen and oxygen atoms in total. The summed E-state index contributed by atoms with van der Waals surface area (Å²) in [5, 5.41) is 4.16. The van der Waals surface area contributed by atoms with E-state index in [0.717, 1.165) is 9.75 Å². The molecular weight excluding hydrogens is 232 g/mol. The zero-order chi connectivity index (χ0) is 11.4. The summed E-state index contributed by atoms with van der Waals surface area (Å²) in [6, 6.07) is 4.24. The molecule has 2 heteroatoms. The van der Waals surface area contributed by atoms with Crippen molar-refractivity contribution >= 4 is 22.7 Å². The molecule has 0 spiro atoms. The number of rotatable bonds is 1. The number of hydrogen-bond acceptors (Lipinski definition) is 2. The fourth-order valence-corrected chi connectivity index (χ4v) is 3.08.